The Morgan fingerprint density at radius 1 is 1.14 bits per heavy atom. The molecular formula is C15H12N2O3S. The molecule has 0 atom stereocenters. The molecule has 0 amide bonds. The molecule has 0 saturated heterocycles. The zero-order valence-corrected chi connectivity index (χ0v) is 11.9. The molecule has 1 aliphatic rings. The fourth-order valence-corrected chi connectivity index (χ4v) is 4.20. The van der Waals surface area contributed by atoms with Gasteiger partial charge in [-0.05, 0) is 30.2 Å². The summed E-state index contributed by atoms with van der Waals surface area (Å²) >= 11 is 0. The fourth-order valence-electron chi connectivity index (χ4n) is 2.68. The zero-order chi connectivity index (χ0) is 14.4. The first-order chi connectivity index (χ1) is 10.2. The summed E-state index contributed by atoms with van der Waals surface area (Å²) in [6, 6.07) is 12.3. The van der Waals surface area contributed by atoms with Crippen LogP contribution < -0.4 is 4.31 Å². The molecule has 0 saturated carbocycles. The third-order valence-corrected chi connectivity index (χ3v) is 5.54. The molecule has 1 aromatic heterocycles. The van der Waals surface area contributed by atoms with Crippen LogP contribution in [0.4, 0.5) is 5.69 Å². The number of hydrogen-bond acceptors (Lipinski definition) is 4. The number of rotatable bonds is 2. The third kappa shape index (κ3) is 1.83. The molecule has 0 aliphatic carbocycles. The number of fused-ring (bicyclic) bond motifs is 2. The quantitative estimate of drug-likeness (QED) is 0.729. The number of para-hydroxylation sites is 1. The van der Waals surface area contributed by atoms with Crippen molar-refractivity contribution in [3.8, 4) is 0 Å². The highest BCUT2D eigenvalue weighted by Gasteiger charge is 2.30. The molecule has 5 nitrogen and oxygen atoms in total. The summed E-state index contributed by atoms with van der Waals surface area (Å²) in [6.45, 7) is 0.468. The van der Waals surface area contributed by atoms with E-state index in [4.69, 9.17) is 4.42 Å². The van der Waals surface area contributed by atoms with E-state index in [1.807, 2.05) is 24.3 Å². The van der Waals surface area contributed by atoms with Crippen LogP contribution in [-0.4, -0.2) is 19.9 Å². The normalized spacial score (nSPS) is 14.6. The van der Waals surface area contributed by atoms with Crippen LogP contribution in [0.15, 0.2) is 58.2 Å². The highest BCUT2D eigenvalue weighted by molar-refractivity contribution is 7.92. The van der Waals surface area contributed by atoms with Crippen molar-refractivity contribution in [1.29, 1.82) is 0 Å². The van der Waals surface area contributed by atoms with Gasteiger partial charge in [0.2, 0.25) is 0 Å². The van der Waals surface area contributed by atoms with Crippen LogP contribution in [0, 0.1) is 0 Å². The second-order valence-electron chi connectivity index (χ2n) is 4.94. The molecule has 2 heterocycles. The van der Waals surface area contributed by atoms with Crippen molar-refractivity contribution >= 4 is 26.8 Å². The Morgan fingerprint density at radius 2 is 2.00 bits per heavy atom. The predicted molar refractivity (Wildman–Crippen MR) is 78.7 cm³/mol. The summed E-state index contributed by atoms with van der Waals surface area (Å²) in [5.74, 6) is 0. The van der Waals surface area contributed by atoms with E-state index >= 15 is 0 Å². The van der Waals surface area contributed by atoms with E-state index < -0.39 is 10.0 Å². The van der Waals surface area contributed by atoms with Gasteiger partial charge in [-0.25, -0.2) is 13.4 Å². The minimum Gasteiger partial charge on any atom is -0.443 e. The molecule has 21 heavy (non-hydrogen) atoms. The number of hydrogen-bond donors (Lipinski definition) is 0. The molecule has 4 rings (SSSR count). The summed E-state index contributed by atoms with van der Waals surface area (Å²) in [7, 11) is -3.58. The number of sulfonamides is 1. The molecular weight excluding hydrogens is 288 g/mol. The molecule has 3 aromatic rings. The molecule has 0 unspecified atom stereocenters. The topological polar surface area (TPSA) is 63.4 Å². The predicted octanol–water partition coefficient (Wildman–Crippen LogP) is 2.58. The van der Waals surface area contributed by atoms with E-state index in [1.54, 1.807) is 12.1 Å². The van der Waals surface area contributed by atoms with Gasteiger partial charge in [0.25, 0.3) is 10.0 Å². The van der Waals surface area contributed by atoms with Crippen molar-refractivity contribution in [1.82, 2.24) is 4.98 Å². The Morgan fingerprint density at radius 3 is 2.90 bits per heavy atom. The second kappa shape index (κ2) is 4.33. The molecule has 0 N–H and O–H groups in total. The first-order valence-electron chi connectivity index (χ1n) is 6.60. The van der Waals surface area contributed by atoms with E-state index in [1.165, 1.54) is 16.8 Å². The van der Waals surface area contributed by atoms with Crippen molar-refractivity contribution in [3.05, 3.63) is 54.4 Å². The van der Waals surface area contributed by atoms with E-state index in [0.717, 1.165) is 17.7 Å². The summed E-state index contributed by atoms with van der Waals surface area (Å²) in [5, 5.41) is 0. The van der Waals surface area contributed by atoms with Crippen molar-refractivity contribution < 1.29 is 12.8 Å². The van der Waals surface area contributed by atoms with Gasteiger partial charge in [-0.2, -0.15) is 0 Å². The Labute approximate surface area is 121 Å². The van der Waals surface area contributed by atoms with E-state index in [-0.39, 0.29) is 4.90 Å². The van der Waals surface area contributed by atoms with Gasteiger partial charge in [0.1, 0.15) is 5.52 Å². The van der Waals surface area contributed by atoms with Crippen molar-refractivity contribution in [2.75, 3.05) is 10.8 Å². The highest BCUT2D eigenvalue weighted by Crippen LogP contribution is 2.33. The van der Waals surface area contributed by atoms with Crippen LogP contribution >= 0.6 is 0 Å². The standard InChI is InChI=1S/C15H12N2O3S/c18-21(19,12-5-6-13-15(9-12)20-10-16-13)17-8-7-11-3-1-2-4-14(11)17/h1-6,9-10H,7-8H2. The number of nitrogens with zero attached hydrogens (tertiary/aromatic N) is 2. The lowest BCUT2D eigenvalue weighted by Gasteiger charge is -2.19. The Kier molecular flexibility index (Phi) is 2.56. The van der Waals surface area contributed by atoms with E-state index in [2.05, 4.69) is 4.98 Å². The molecule has 1 aliphatic heterocycles. The van der Waals surface area contributed by atoms with Crippen LogP contribution in [0.2, 0.25) is 0 Å². The van der Waals surface area contributed by atoms with Gasteiger partial charge in [-0.15, -0.1) is 0 Å². The van der Waals surface area contributed by atoms with Gasteiger partial charge in [0, 0.05) is 12.6 Å². The van der Waals surface area contributed by atoms with Gasteiger partial charge < -0.3 is 4.42 Å². The largest absolute Gasteiger partial charge is 0.443 e. The van der Waals surface area contributed by atoms with Crippen molar-refractivity contribution in [3.63, 3.8) is 0 Å². The number of anilines is 1. The minimum absolute atomic E-state index is 0.225. The summed E-state index contributed by atoms with van der Waals surface area (Å²) < 4.78 is 32.3. The maximum absolute atomic E-state index is 12.8. The lowest BCUT2D eigenvalue weighted by atomic mass is 10.2. The fraction of sp³-hybridized carbons (Fsp3) is 0.133. The van der Waals surface area contributed by atoms with Gasteiger partial charge in [0.05, 0.1) is 10.6 Å². The molecule has 0 radical (unpaired) electrons. The van der Waals surface area contributed by atoms with Crippen molar-refractivity contribution in [2.24, 2.45) is 0 Å². The van der Waals surface area contributed by atoms with Crippen molar-refractivity contribution in [2.45, 2.75) is 11.3 Å². The van der Waals surface area contributed by atoms with Crippen LogP contribution in [-0.2, 0) is 16.4 Å². The zero-order valence-electron chi connectivity index (χ0n) is 11.1. The lowest BCUT2D eigenvalue weighted by molar-refractivity contribution is 0.589. The van der Waals surface area contributed by atoms with Gasteiger partial charge in [-0.3, -0.25) is 4.31 Å². The third-order valence-electron chi connectivity index (χ3n) is 3.74. The number of oxazole rings is 1. The SMILES string of the molecule is O=S(=O)(c1ccc2ncoc2c1)N1CCc2ccccc21. The maximum atomic E-state index is 12.8. The first-order valence-corrected chi connectivity index (χ1v) is 8.04. The monoisotopic (exact) mass is 300 g/mol. The Balaban J connectivity index is 1.83. The average Bonchev–Trinajstić information content (AvgIpc) is 3.13. The second-order valence-corrected chi connectivity index (χ2v) is 6.80. The summed E-state index contributed by atoms with van der Waals surface area (Å²) in [6.07, 6.45) is 2.05. The van der Waals surface area contributed by atoms with E-state index in [0.29, 0.717) is 17.6 Å². The molecule has 6 heteroatoms. The van der Waals surface area contributed by atoms with Crippen LogP contribution in [0.1, 0.15) is 5.56 Å². The molecule has 2 aromatic carbocycles. The summed E-state index contributed by atoms with van der Waals surface area (Å²) in [5.41, 5.74) is 2.94. The molecule has 0 bridgehead atoms. The van der Waals surface area contributed by atoms with Crippen LogP contribution in [0.5, 0.6) is 0 Å². The Hall–Kier alpha value is -2.34. The molecule has 0 spiro atoms. The number of aromatic nitrogens is 1. The first kappa shape index (κ1) is 12.4. The molecule has 106 valence electrons. The number of benzene rings is 2. The highest BCUT2D eigenvalue weighted by atomic mass is 32.2. The van der Waals surface area contributed by atoms with Gasteiger partial charge in [0.15, 0.2) is 12.0 Å². The van der Waals surface area contributed by atoms with Gasteiger partial charge in [-0.1, -0.05) is 18.2 Å². The average molecular weight is 300 g/mol. The van der Waals surface area contributed by atoms with Crippen LogP contribution in [0.3, 0.4) is 0 Å². The summed E-state index contributed by atoms with van der Waals surface area (Å²) in [4.78, 5) is 4.23. The maximum Gasteiger partial charge on any atom is 0.264 e. The van der Waals surface area contributed by atoms with Gasteiger partial charge >= 0.3 is 0 Å². The molecule has 0 fully saturated rings. The Bertz CT molecular complexity index is 931. The minimum atomic E-state index is -3.58. The van der Waals surface area contributed by atoms with Crippen LogP contribution in [0.25, 0.3) is 11.1 Å². The smallest absolute Gasteiger partial charge is 0.264 e. The lowest BCUT2D eigenvalue weighted by Crippen LogP contribution is -2.29. The van der Waals surface area contributed by atoms with E-state index in [9.17, 15) is 8.42 Å².